The zero-order valence-corrected chi connectivity index (χ0v) is 12.5. The maximum absolute atomic E-state index is 3.09. The molecule has 0 atom stereocenters. The molecule has 0 aliphatic heterocycles. The number of benzene rings is 2. The molecule has 0 spiro atoms. The molecule has 0 heterocycles. The van der Waals surface area contributed by atoms with Gasteiger partial charge in [-0.1, -0.05) is 24.0 Å². The second-order valence-electron chi connectivity index (χ2n) is 5.10. The van der Waals surface area contributed by atoms with Gasteiger partial charge in [-0.3, -0.25) is 0 Å². The Bertz CT molecular complexity index is 689. The molecule has 0 aliphatic carbocycles. The topological polar surface area (TPSA) is 0 Å². The smallest absolute Gasteiger partial charge is 0.0258 e. The minimum absolute atomic E-state index is 1.02. The van der Waals surface area contributed by atoms with Gasteiger partial charge in [0, 0.05) is 11.1 Å². The van der Waals surface area contributed by atoms with E-state index in [1.807, 2.05) is 12.1 Å². The fourth-order valence-corrected chi connectivity index (χ4v) is 1.85. The Kier molecular flexibility index (Phi) is 4.29. The van der Waals surface area contributed by atoms with Crippen LogP contribution in [0.15, 0.2) is 36.4 Å². The van der Waals surface area contributed by atoms with E-state index in [4.69, 9.17) is 0 Å². The van der Waals surface area contributed by atoms with Gasteiger partial charge in [-0.15, -0.1) is 0 Å². The maximum atomic E-state index is 3.09. The van der Waals surface area contributed by atoms with Crippen molar-refractivity contribution in [3.05, 3.63) is 69.8 Å². The molecule has 2 aromatic carbocycles. The van der Waals surface area contributed by atoms with Crippen molar-refractivity contribution >= 4 is 0 Å². The maximum Gasteiger partial charge on any atom is 0.0258 e. The lowest BCUT2D eigenvalue weighted by atomic mass is 10.1. The van der Waals surface area contributed by atoms with Crippen molar-refractivity contribution in [3.8, 4) is 23.7 Å². The Labute approximate surface area is 121 Å². The fourth-order valence-electron chi connectivity index (χ4n) is 1.85. The lowest BCUT2D eigenvalue weighted by molar-refractivity contribution is 1.33. The van der Waals surface area contributed by atoms with Crippen LogP contribution in [0.2, 0.25) is 0 Å². The second kappa shape index (κ2) is 6.14. The lowest BCUT2D eigenvalue weighted by Crippen LogP contribution is -1.82. The molecule has 98 valence electrons. The number of hydrogen-bond donors (Lipinski definition) is 0. The zero-order valence-electron chi connectivity index (χ0n) is 12.5. The summed E-state index contributed by atoms with van der Waals surface area (Å²) in [4.78, 5) is 0. The minimum atomic E-state index is 1.02. The van der Waals surface area contributed by atoms with Crippen molar-refractivity contribution in [2.75, 3.05) is 0 Å². The summed E-state index contributed by atoms with van der Waals surface area (Å²) < 4.78 is 0. The molecule has 0 amide bonds. The van der Waals surface area contributed by atoms with Gasteiger partial charge in [0.05, 0.1) is 0 Å². The summed E-state index contributed by atoms with van der Waals surface area (Å²) >= 11 is 0. The van der Waals surface area contributed by atoms with Crippen molar-refractivity contribution in [2.45, 2.75) is 27.7 Å². The number of hydrogen-bond acceptors (Lipinski definition) is 0. The molecule has 0 aromatic heterocycles. The van der Waals surface area contributed by atoms with Crippen molar-refractivity contribution in [2.24, 2.45) is 0 Å². The SMILES string of the molecule is Cc1ccc(C#CC#Cc2ccc(C)c(C)c2)cc1C. The summed E-state index contributed by atoms with van der Waals surface area (Å²) in [7, 11) is 0. The molecule has 0 radical (unpaired) electrons. The van der Waals surface area contributed by atoms with Crippen molar-refractivity contribution < 1.29 is 0 Å². The van der Waals surface area contributed by atoms with Crippen LogP contribution < -0.4 is 0 Å². The van der Waals surface area contributed by atoms with Crippen LogP contribution in [0, 0.1) is 51.4 Å². The second-order valence-corrected chi connectivity index (χ2v) is 5.10. The highest BCUT2D eigenvalue weighted by Gasteiger charge is 1.93. The summed E-state index contributed by atoms with van der Waals surface area (Å²) in [6, 6.07) is 12.5. The van der Waals surface area contributed by atoms with E-state index >= 15 is 0 Å². The van der Waals surface area contributed by atoms with Crippen LogP contribution in [0.4, 0.5) is 0 Å². The van der Waals surface area contributed by atoms with Gasteiger partial charge in [-0.25, -0.2) is 0 Å². The van der Waals surface area contributed by atoms with E-state index in [9.17, 15) is 0 Å². The molecule has 0 N–H and O–H groups in total. The highest BCUT2D eigenvalue weighted by atomic mass is 14.0. The Morgan fingerprint density at radius 2 is 0.950 bits per heavy atom. The van der Waals surface area contributed by atoms with E-state index in [-0.39, 0.29) is 0 Å². The van der Waals surface area contributed by atoms with E-state index in [0.29, 0.717) is 0 Å². The predicted octanol–water partition coefficient (Wildman–Crippen LogP) is 4.32. The quantitative estimate of drug-likeness (QED) is 0.617. The molecular weight excluding hydrogens is 240 g/mol. The van der Waals surface area contributed by atoms with Gasteiger partial charge >= 0.3 is 0 Å². The van der Waals surface area contributed by atoms with Crippen LogP contribution >= 0.6 is 0 Å². The van der Waals surface area contributed by atoms with Gasteiger partial charge in [0.1, 0.15) is 0 Å². The van der Waals surface area contributed by atoms with Gasteiger partial charge < -0.3 is 0 Å². The molecule has 0 nitrogen and oxygen atoms in total. The summed E-state index contributed by atoms with van der Waals surface area (Å²) in [6.45, 7) is 8.40. The first kappa shape index (κ1) is 14.0. The van der Waals surface area contributed by atoms with Gasteiger partial charge in [0.25, 0.3) is 0 Å². The number of aryl methyl sites for hydroxylation is 4. The highest BCUT2D eigenvalue weighted by molar-refractivity contribution is 5.47. The monoisotopic (exact) mass is 258 g/mol. The minimum Gasteiger partial charge on any atom is -0.0578 e. The van der Waals surface area contributed by atoms with E-state index in [2.05, 4.69) is 75.6 Å². The van der Waals surface area contributed by atoms with E-state index in [1.165, 1.54) is 22.3 Å². The van der Waals surface area contributed by atoms with Crippen LogP contribution in [0.25, 0.3) is 0 Å². The summed E-state index contributed by atoms with van der Waals surface area (Å²) in [5.41, 5.74) is 7.14. The van der Waals surface area contributed by atoms with Gasteiger partial charge in [0.15, 0.2) is 0 Å². The first-order valence-corrected chi connectivity index (χ1v) is 6.73. The van der Waals surface area contributed by atoms with E-state index in [0.717, 1.165) is 11.1 Å². The van der Waals surface area contributed by atoms with Crippen molar-refractivity contribution in [1.82, 2.24) is 0 Å². The Morgan fingerprint density at radius 1 is 0.550 bits per heavy atom. The largest absolute Gasteiger partial charge is 0.0578 e. The molecule has 0 aliphatic rings. The Morgan fingerprint density at radius 3 is 1.30 bits per heavy atom. The van der Waals surface area contributed by atoms with Crippen LogP contribution in [0.5, 0.6) is 0 Å². The first-order valence-electron chi connectivity index (χ1n) is 6.73. The summed E-state index contributed by atoms with van der Waals surface area (Å²) in [5, 5.41) is 0. The molecule has 0 saturated heterocycles. The zero-order chi connectivity index (χ0) is 14.5. The molecule has 0 saturated carbocycles. The van der Waals surface area contributed by atoms with Crippen LogP contribution in [-0.4, -0.2) is 0 Å². The summed E-state index contributed by atoms with van der Waals surface area (Å²) in [6.07, 6.45) is 0. The molecule has 0 bridgehead atoms. The van der Waals surface area contributed by atoms with Gasteiger partial charge in [-0.05, 0) is 86.1 Å². The Hall–Kier alpha value is -2.44. The highest BCUT2D eigenvalue weighted by Crippen LogP contribution is 2.09. The molecule has 2 aromatic rings. The number of rotatable bonds is 0. The summed E-state index contributed by atoms with van der Waals surface area (Å²) in [5.74, 6) is 12.0. The molecule has 0 heteroatoms. The molecule has 0 fully saturated rings. The van der Waals surface area contributed by atoms with Crippen molar-refractivity contribution in [3.63, 3.8) is 0 Å². The molecule has 2 rings (SSSR count). The van der Waals surface area contributed by atoms with Crippen LogP contribution in [0.3, 0.4) is 0 Å². The average molecular weight is 258 g/mol. The van der Waals surface area contributed by atoms with Crippen LogP contribution in [-0.2, 0) is 0 Å². The van der Waals surface area contributed by atoms with Gasteiger partial charge in [0.2, 0.25) is 0 Å². The van der Waals surface area contributed by atoms with E-state index in [1.54, 1.807) is 0 Å². The van der Waals surface area contributed by atoms with Gasteiger partial charge in [-0.2, -0.15) is 0 Å². The molecule has 20 heavy (non-hydrogen) atoms. The first-order chi connectivity index (χ1) is 9.56. The average Bonchev–Trinajstić information content (AvgIpc) is 2.42. The fraction of sp³-hybridized carbons (Fsp3) is 0.200. The third kappa shape index (κ3) is 3.53. The standard InChI is InChI=1S/C20H18/c1-15-9-11-19(13-17(15)3)7-5-6-8-20-12-10-16(2)18(4)14-20/h9-14H,1-4H3. The lowest BCUT2D eigenvalue weighted by Gasteiger charge is -1.98. The predicted molar refractivity (Wildman–Crippen MR) is 85.6 cm³/mol. The third-order valence-electron chi connectivity index (χ3n) is 3.49. The van der Waals surface area contributed by atoms with Crippen molar-refractivity contribution in [1.29, 1.82) is 0 Å². The molecular formula is C20H18. The van der Waals surface area contributed by atoms with E-state index < -0.39 is 0 Å². The van der Waals surface area contributed by atoms with Crippen LogP contribution in [0.1, 0.15) is 33.4 Å². The Balaban J connectivity index is 2.17. The third-order valence-corrected chi connectivity index (χ3v) is 3.49. The molecule has 0 unspecified atom stereocenters. The normalized spacial score (nSPS) is 9.20.